The molecule has 0 aliphatic carbocycles. The highest BCUT2D eigenvalue weighted by Gasteiger charge is 2.34. The smallest absolute Gasteiger partial charge is 0.361 e. The van der Waals surface area contributed by atoms with Crippen LogP contribution >= 0.6 is 0 Å². The lowest BCUT2D eigenvalue weighted by Crippen LogP contribution is -2.28. The van der Waals surface area contributed by atoms with Crippen LogP contribution in [0.1, 0.15) is 21.5 Å². The lowest BCUT2D eigenvalue weighted by atomic mass is 10.1. The third-order valence-corrected chi connectivity index (χ3v) is 3.83. The fourth-order valence-corrected chi connectivity index (χ4v) is 2.67. The van der Waals surface area contributed by atoms with Gasteiger partial charge in [0.25, 0.3) is 5.91 Å². The van der Waals surface area contributed by atoms with Gasteiger partial charge in [-0.2, -0.15) is 13.2 Å². The van der Waals surface area contributed by atoms with E-state index in [0.717, 1.165) is 22.5 Å². The molecule has 1 amide bonds. The molecule has 0 atom stereocenters. The topological polar surface area (TPSA) is 44.9 Å². The van der Waals surface area contributed by atoms with Crippen molar-refractivity contribution in [3.05, 3.63) is 71.4 Å². The molecule has 3 aromatic rings. The molecule has 0 saturated heterocycles. The minimum Gasteiger partial charge on any atom is -0.361 e. The number of halogens is 3. The zero-order chi connectivity index (χ0) is 17.2. The van der Waals surface area contributed by atoms with E-state index in [1.165, 1.54) is 18.2 Å². The van der Waals surface area contributed by atoms with Gasteiger partial charge in [0.1, 0.15) is 0 Å². The summed E-state index contributed by atoms with van der Waals surface area (Å²) in [6.07, 6.45) is -2.17. The molecule has 1 heterocycles. The second-order valence-electron chi connectivity index (χ2n) is 5.41. The molecule has 3 nitrogen and oxygen atoms in total. The number of para-hydroxylation sites is 1. The molecule has 24 heavy (non-hydrogen) atoms. The van der Waals surface area contributed by atoms with Gasteiger partial charge in [-0.1, -0.05) is 30.3 Å². The van der Waals surface area contributed by atoms with Crippen LogP contribution in [0.5, 0.6) is 0 Å². The first-order chi connectivity index (χ1) is 11.5. The van der Waals surface area contributed by atoms with Crippen molar-refractivity contribution in [2.75, 3.05) is 6.54 Å². The standard InChI is InChI=1S/C18H15F3N2O/c19-18(20,21)15-7-3-1-6-14(15)17(24)22-10-9-12-11-23-16-8-4-2-5-13(12)16/h1-8,11,23H,9-10H2,(H,22,24). The Morgan fingerprint density at radius 3 is 2.54 bits per heavy atom. The van der Waals surface area contributed by atoms with Gasteiger partial charge in [0.05, 0.1) is 11.1 Å². The van der Waals surface area contributed by atoms with Gasteiger partial charge in [0.15, 0.2) is 0 Å². The molecule has 0 radical (unpaired) electrons. The Balaban J connectivity index is 1.69. The third kappa shape index (κ3) is 3.27. The second kappa shape index (κ2) is 6.39. The SMILES string of the molecule is O=C(NCCc1c[nH]c2ccccc12)c1ccccc1C(F)(F)F. The van der Waals surface area contributed by atoms with E-state index in [9.17, 15) is 18.0 Å². The summed E-state index contributed by atoms with van der Waals surface area (Å²) in [6, 6.07) is 12.5. The van der Waals surface area contributed by atoms with Crippen molar-refractivity contribution in [3.63, 3.8) is 0 Å². The second-order valence-corrected chi connectivity index (χ2v) is 5.41. The lowest BCUT2D eigenvalue weighted by Gasteiger charge is -2.12. The predicted octanol–water partition coefficient (Wildman–Crippen LogP) is 4.16. The quantitative estimate of drug-likeness (QED) is 0.740. The first-order valence-electron chi connectivity index (χ1n) is 7.46. The minimum absolute atomic E-state index is 0.257. The van der Waals surface area contributed by atoms with Gasteiger partial charge in [0.2, 0.25) is 0 Å². The highest BCUT2D eigenvalue weighted by atomic mass is 19.4. The summed E-state index contributed by atoms with van der Waals surface area (Å²) < 4.78 is 38.8. The Morgan fingerprint density at radius 2 is 1.75 bits per heavy atom. The van der Waals surface area contributed by atoms with Gasteiger partial charge in [-0.25, -0.2) is 0 Å². The van der Waals surface area contributed by atoms with Crippen LogP contribution in [0.4, 0.5) is 13.2 Å². The predicted molar refractivity (Wildman–Crippen MR) is 85.8 cm³/mol. The summed E-state index contributed by atoms with van der Waals surface area (Å²) in [5, 5.41) is 3.61. The van der Waals surface area contributed by atoms with Crippen LogP contribution in [-0.4, -0.2) is 17.4 Å². The van der Waals surface area contributed by atoms with Crippen LogP contribution in [0, 0.1) is 0 Å². The summed E-state index contributed by atoms with van der Waals surface area (Å²) in [7, 11) is 0. The largest absolute Gasteiger partial charge is 0.417 e. The average Bonchev–Trinajstić information content (AvgIpc) is 2.97. The van der Waals surface area contributed by atoms with Crippen LogP contribution in [0.2, 0.25) is 0 Å². The molecule has 0 bridgehead atoms. The van der Waals surface area contributed by atoms with E-state index in [1.807, 2.05) is 30.5 Å². The van der Waals surface area contributed by atoms with Crippen molar-refractivity contribution in [2.24, 2.45) is 0 Å². The maximum atomic E-state index is 12.9. The summed E-state index contributed by atoms with van der Waals surface area (Å²) >= 11 is 0. The maximum absolute atomic E-state index is 12.9. The van der Waals surface area contributed by atoms with Crippen molar-refractivity contribution >= 4 is 16.8 Å². The van der Waals surface area contributed by atoms with Crippen LogP contribution in [0.15, 0.2) is 54.7 Å². The number of benzene rings is 2. The molecule has 124 valence electrons. The number of carbonyl (C=O) groups excluding carboxylic acids is 1. The Labute approximate surface area is 136 Å². The van der Waals surface area contributed by atoms with Crippen LogP contribution < -0.4 is 5.32 Å². The summed E-state index contributed by atoms with van der Waals surface area (Å²) in [6.45, 7) is 0.257. The summed E-state index contributed by atoms with van der Waals surface area (Å²) in [5.41, 5.74) is 0.717. The van der Waals surface area contributed by atoms with E-state index in [-0.39, 0.29) is 12.1 Å². The maximum Gasteiger partial charge on any atom is 0.417 e. The van der Waals surface area contributed by atoms with Gasteiger partial charge in [-0.3, -0.25) is 4.79 Å². The number of aromatic nitrogens is 1. The molecule has 3 rings (SSSR count). The molecule has 0 spiro atoms. The lowest BCUT2D eigenvalue weighted by molar-refractivity contribution is -0.137. The number of nitrogens with one attached hydrogen (secondary N) is 2. The number of carbonyl (C=O) groups is 1. The van der Waals surface area contributed by atoms with Crippen molar-refractivity contribution in [1.29, 1.82) is 0 Å². The number of rotatable bonds is 4. The average molecular weight is 332 g/mol. The third-order valence-electron chi connectivity index (χ3n) is 3.83. The zero-order valence-electron chi connectivity index (χ0n) is 12.7. The number of alkyl halides is 3. The minimum atomic E-state index is -4.55. The van der Waals surface area contributed by atoms with Crippen molar-refractivity contribution in [3.8, 4) is 0 Å². The number of amides is 1. The van der Waals surface area contributed by atoms with Crippen LogP contribution in [0.25, 0.3) is 10.9 Å². The van der Waals surface area contributed by atoms with Gasteiger partial charge < -0.3 is 10.3 Å². The first kappa shape index (κ1) is 16.1. The number of hydrogen-bond donors (Lipinski definition) is 2. The van der Waals surface area contributed by atoms with E-state index >= 15 is 0 Å². The normalized spacial score (nSPS) is 11.6. The summed E-state index contributed by atoms with van der Waals surface area (Å²) in [5.74, 6) is -0.720. The number of hydrogen-bond acceptors (Lipinski definition) is 1. The Morgan fingerprint density at radius 1 is 1.04 bits per heavy atom. The van der Waals surface area contributed by atoms with Gasteiger partial charge in [0, 0.05) is 23.6 Å². The monoisotopic (exact) mass is 332 g/mol. The fraction of sp³-hybridized carbons (Fsp3) is 0.167. The van der Waals surface area contributed by atoms with E-state index < -0.39 is 17.6 Å². The van der Waals surface area contributed by atoms with E-state index in [2.05, 4.69) is 10.3 Å². The number of H-pyrrole nitrogens is 1. The molecule has 2 N–H and O–H groups in total. The molecular weight excluding hydrogens is 317 g/mol. The molecule has 1 aromatic heterocycles. The van der Waals surface area contributed by atoms with Crippen molar-refractivity contribution in [2.45, 2.75) is 12.6 Å². The van der Waals surface area contributed by atoms with Crippen molar-refractivity contribution in [1.82, 2.24) is 10.3 Å². The van der Waals surface area contributed by atoms with Crippen molar-refractivity contribution < 1.29 is 18.0 Å². The van der Waals surface area contributed by atoms with Crippen LogP contribution in [0.3, 0.4) is 0 Å². The van der Waals surface area contributed by atoms with Crippen LogP contribution in [-0.2, 0) is 12.6 Å². The fourth-order valence-electron chi connectivity index (χ4n) is 2.67. The molecule has 0 unspecified atom stereocenters. The van der Waals surface area contributed by atoms with Gasteiger partial charge in [-0.05, 0) is 30.2 Å². The molecule has 6 heteroatoms. The number of fused-ring (bicyclic) bond motifs is 1. The molecule has 0 aliphatic heterocycles. The molecule has 0 aliphatic rings. The Bertz CT molecular complexity index is 868. The number of aromatic amines is 1. The highest BCUT2D eigenvalue weighted by molar-refractivity contribution is 5.95. The first-order valence-corrected chi connectivity index (χ1v) is 7.46. The van der Waals surface area contributed by atoms with Gasteiger partial charge >= 0.3 is 6.18 Å². The van der Waals surface area contributed by atoms with Gasteiger partial charge in [-0.15, -0.1) is 0 Å². The Kier molecular flexibility index (Phi) is 4.29. The Hall–Kier alpha value is -2.76. The van der Waals surface area contributed by atoms with E-state index in [1.54, 1.807) is 0 Å². The molecule has 2 aromatic carbocycles. The molecular formula is C18H15F3N2O. The summed E-state index contributed by atoms with van der Waals surface area (Å²) in [4.78, 5) is 15.2. The highest BCUT2D eigenvalue weighted by Crippen LogP contribution is 2.31. The van der Waals surface area contributed by atoms with E-state index in [0.29, 0.717) is 6.42 Å². The molecule has 0 saturated carbocycles. The zero-order valence-corrected chi connectivity index (χ0v) is 12.7. The van der Waals surface area contributed by atoms with E-state index in [4.69, 9.17) is 0 Å². The molecule has 0 fully saturated rings.